The highest BCUT2D eigenvalue weighted by molar-refractivity contribution is 5.85. The highest BCUT2D eigenvalue weighted by atomic mass is 35.5. The van der Waals surface area contributed by atoms with Crippen molar-refractivity contribution in [2.45, 2.75) is 12.5 Å². The van der Waals surface area contributed by atoms with Crippen molar-refractivity contribution in [1.29, 1.82) is 5.26 Å². The normalized spacial score (nSPS) is 16.7. The summed E-state index contributed by atoms with van der Waals surface area (Å²) >= 11 is 0. The standard InChI is InChI=1S/C17H17N3O.ClH/c18-11-13-10-16(21-15-4-2-1-3-5-15)6-7-17(13)20-9-8-14(19)12-20;/h1-7,10,14H,8-9,12,19H2;1H. The maximum atomic E-state index is 9.37. The van der Waals surface area contributed by atoms with Crippen molar-refractivity contribution in [1.82, 2.24) is 0 Å². The smallest absolute Gasteiger partial charge is 0.128 e. The maximum Gasteiger partial charge on any atom is 0.128 e. The Morgan fingerprint density at radius 3 is 2.55 bits per heavy atom. The Bertz CT molecular complexity index is 669. The van der Waals surface area contributed by atoms with E-state index in [4.69, 9.17) is 10.5 Å². The van der Waals surface area contributed by atoms with Crippen molar-refractivity contribution in [3.05, 3.63) is 54.1 Å². The van der Waals surface area contributed by atoms with Crippen LogP contribution in [0.25, 0.3) is 0 Å². The first-order chi connectivity index (χ1) is 10.3. The molecule has 1 unspecified atom stereocenters. The molecule has 2 aromatic carbocycles. The number of anilines is 1. The maximum absolute atomic E-state index is 9.37. The van der Waals surface area contributed by atoms with E-state index in [0.29, 0.717) is 11.3 Å². The van der Waals surface area contributed by atoms with Crippen LogP contribution in [0.1, 0.15) is 12.0 Å². The van der Waals surface area contributed by atoms with Crippen LogP contribution in [-0.2, 0) is 0 Å². The number of rotatable bonds is 3. The minimum absolute atomic E-state index is 0. The first-order valence-corrected chi connectivity index (χ1v) is 7.04. The Morgan fingerprint density at radius 1 is 1.14 bits per heavy atom. The van der Waals surface area contributed by atoms with E-state index in [9.17, 15) is 5.26 Å². The Labute approximate surface area is 136 Å². The average Bonchev–Trinajstić information content (AvgIpc) is 2.94. The van der Waals surface area contributed by atoms with Gasteiger partial charge in [0.25, 0.3) is 0 Å². The summed E-state index contributed by atoms with van der Waals surface area (Å²) in [4.78, 5) is 2.16. The molecule has 0 bridgehead atoms. The largest absolute Gasteiger partial charge is 0.457 e. The summed E-state index contributed by atoms with van der Waals surface area (Å²) in [5.41, 5.74) is 7.50. The van der Waals surface area contributed by atoms with Crippen LogP contribution in [-0.4, -0.2) is 19.1 Å². The van der Waals surface area contributed by atoms with Crippen LogP contribution in [0.4, 0.5) is 5.69 Å². The van der Waals surface area contributed by atoms with Gasteiger partial charge in [-0.2, -0.15) is 5.26 Å². The number of benzene rings is 2. The molecule has 4 nitrogen and oxygen atoms in total. The monoisotopic (exact) mass is 315 g/mol. The van der Waals surface area contributed by atoms with Gasteiger partial charge in [0.15, 0.2) is 0 Å². The van der Waals surface area contributed by atoms with Gasteiger partial charge < -0.3 is 15.4 Å². The SMILES string of the molecule is Cl.N#Cc1cc(Oc2ccccc2)ccc1N1CCC(N)C1. The third kappa shape index (κ3) is 3.51. The van der Waals surface area contributed by atoms with E-state index in [1.165, 1.54) is 0 Å². The lowest BCUT2D eigenvalue weighted by Crippen LogP contribution is -2.26. The van der Waals surface area contributed by atoms with E-state index < -0.39 is 0 Å². The quantitative estimate of drug-likeness (QED) is 0.944. The molecule has 1 fully saturated rings. The average molecular weight is 316 g/mol. The van der Waals surface area contributed by atoms with Crippen LogP contribution >= 0.6 is 12.4 Å². The van der Waals surface area contributed by atoms with Gasteiger partial charge in [0.1, 0.15) is 17.6 Å². The van der Waals surface area contributed by atoms with Crippen molar-refractivity contribution < 1.29 is 4.74 Å². The van der Waals surface area contributed by atoms with Crippen molar-refractivity contribution in [3.8, 4) is 17.6 Å². The van der Waals surface area contributed by atoms with Crippen molar-refractivity contribution in [2.24, 2.45) is 5.73 Å². The molecule has 1 heterocycles. The molecule has 0 spiro atoms. The van der Waals surface area contributed by atoms with E-state index >= 15 is 0 Å². The number of hydrogen-bond acceptors (Lipinski definition) is 4. The summed E-state index contributed by atoms with van der Waals surface area (Å²) in [5, 5.41) is 9.37. The Hall–Kier alpha value is -2.22. The highest BCUT2D eigenvalue weighted by Crippen LogP contribution is 2.29. The second-order valence-corrected chi connectivity index (χ2v) is 5.20. The molecule has 0 aliphatic carbocycles. The zero-order valence-electron chi connectivity index (χ0n) is 12.1. The van der Waals surface area contributed by atoms with Gasteiger partial charge in [0.05, 0.1) is 11.3 Å². The molecule has 3 rings (SSSR count). The zero-order chi connectivity index (χ0) is 14.7. The van der Waals surface area contributed by atoms with E-state index in [1.807, 2.05) is 42.5 Å². The van der Waals surface area contributed by atoms with Crippen molar-refractivity contribution in [3.63, 3.8) is 0 Å². The van der Waals surface area contributed by atoms with E-state index in [1.54, 1.807) is 6.07 Å². The van der Waals surface area contributed by atoms with Gasteiger partial charge in [-0.25, -0.2) is 0 Å². The fourth-order valence-electron chi connectivity index (χ4n) is 2.57. The van der Waals surface area contributed by atoms with E-state index in [0.717, 1.165) is 30.9 Å². The number of nitrogens with two attached hydrogens (primary N) is 1. The zero-order valence-corrected chi connectivity index (χ0v) is 12.9. The third-order valence-corrected chi connectivity index (χ3v) is 3.63. The lowest BCUT2D eigenvalue weighted by Gasteiger charge is -2.20. The lowest BCUT2D eigenvalue weighted by molar-refractivity contribution is 0.482. The summed E-state index contributed by atoms with van der Waals surface area (Å²) < 4.78 is 5.77. The highest BCUT2D eigenvalue weighted by Gasteiger charge is 2.21. The number of nitriles is 1. The van der Waals surface area contributed by atoms with Gasteiger partial charge in [-0.3, -0.25) is 0 Å². The predicted octanol–water partition coefficient (Wildman–Crippen LogP) is 3.31. The molecule has 0 aromatic heterocycles. The fourth-order valence-corrected chi connectivity index (χ4v) is 2.57. The van der Waals surface area contributed by atoms with Gasteiger partial charge in [-0.05, 0) is 30.7 Å². The molecule has 114 valence electrons. The molecule has 1 aliphatic rings. The van der Waals surface area contributed by atoms with Gasteiger partial charge in [0, 0.05) is 25.2 Å². The molecule has 1 saturated heterocycles. The first-order valence-electron chi connectivity index (χ1n) is 7.04. The van der Waals surface area contributed by atoms with Gasteiger partial charge >= 0.3 is 0 Å². The minimum Gasteiger partial charge on any atom is -0.457 e. The number of para-hydroxylation sites is 1. The van der Waals surface area contributed by atoms with Gasteiger partial charge in [-0.1, -0.05) is 18.2 Å². The first kappa shape index (κ1) is 16.2. The Morgan fingerprint density at radius 2 is 1.91 bits per heavy atom. The number of nitrogens with zero attached hydrogens (tertiary/aromatic N) is 2. The predicted molar refractivity (Wildman–Crippen MR) is 89.7 cm³/mol. The van der Waals surface area contributed by atoms with Gasteiger partial charge in [-0.15, -0.1) is 12.4 Å². The van der Waals surface area contributed by atoms with E-state index in [-0.39, 0.29) is 18.4 Å². The van der Waals surface area contributed by atoms with Crippen LogP contribution in [0.5, 0.6) is 11.5 Å². The summed E-state index contributed by atoms with van der Waals surface area (Å²) in [7, 11) is 0. The number of ether oxygens (including phenoxy) is 1. The molecule has 0 radical (unpaired) electrons. The molecule has 1 aliphatic heterocycles. The fraction of sp³-hybridized carbons (Fsp3) is 0.235. The molecule has 22 heavy (non-hydrogen) atoms. The molecular weight excluding hydrogens is 298 g/mol. The summed E-state index contributed by atoms with van der Waals surface area (Å²) in [5.74, 6) is 1.43. The molecule has 5 heteroatoms. The molecule has 0 amide bonds. The second-order valence-electron chi connectivity index (χ2n) is 5.20. The van der Waals surface area contributed by atoms with Crippen molar-refractivity contribution >= 4 is 18.1 Å². The third-order valence-electron chi connectivity index (χ3n) is 3.63. The minimum atomic E-state index is 0. The Balaban J connectivity index is 0.00000176. The molecule has 2 N–H and O–H groups in total. The van der Waals surface area contributed by atoms with Crippen molar-refractivity contribution in [2.75, 3.05) is 18.0 Å². The summed E-state index contributed by atoms with van der Waals surface area (Å²) in [6, 6.07) is 17.6. The van der Waals surface area contributed by atoms with Crippen LogP contribution < -0.4 is 15.4 Å². The lowest BCUT2D eigenvalue weighted by atomic mass is 10.1. The van der Waals surface area contributed by atoms with Gasteiger partial charge in [0.2, 0.25) is 0 Å². The second kappa shape index (κ2) is 7.17. The van der Waals surface area contributed by atoms with Crippen LogP contribution in [0.2, 0.25) is 0 Å². The number of hydrogen-bond donors (Lipinski definition) is 1. The summed E-state index contributed by atoms with van der Waals surface area (Å²) in [6.07, 6.45) is 0.965. The Kier molecular flexibility index (Phi) is 5.26. The molecular formula is C17H18ClN3O. The van der Waals surface area contributed by atoms with Crippen LogP contribution in [0.15, 0.2) is 48.5 Å². The molecule has 2 aromatic rings. The topological polar surface area (TPSA) is 62.3 Å². The molecule has 0 saturated carbocycles. The van der Waals surface area contributed by atoms with Crippen LogP contribution in [0.3, 0.4) is 0 Å². The molecule has 1 atom stereocenters. The van der Waals surface area contributed by atoms with Crippen LogP contribution in [0, 0.1) is 11.3 Å². The number of halogens is 1. The van der Waals surface area contributed by atoms with E-state index in [2.05, 4.69) is 11.0 Å². The summed E-state index contributed by atoms with van der Waals surface area (Å²) in [6.45, 7) is 1.70.